The third-order valence-corrected chi connectivity index (χ3v) is 1.97. The van der Waals surface area contributed by atoms with Gasteiger partial charge in [-0.15, -0.1) is 0 Å². The van der Waals surface area contributed by atoms with Gasteiger partial charge < -0.3 is 4.74 Å². The number of benzene rings is 1. The van der Waals surface area contributed by atoms with E-state index in [-0.39, 0.29) is 0 Å². The Morgan fingerprint density at radius 2 is 2.23 bits per heavy atom. The molecule has 0 fully saturated rings. The maximum absolute atomic E-state index is 10.3. The molecule has 5 heteroatoms. The standard InChI is InChI=1S/C8H11NO3S/c1-12-8-5-3-2-4-7(8)6-9-13(10)11/h2-5,9H,6H2,1H3,(H,10,11). The van der Waals surface area contributed by atoms with Crippen LogP contribution in [0.1, 0.15) is 5.56 Å². The third kappa shape index (κ3) is 3.14. The Kier molecular flexibility index (Phi) is 3.88. The molecule has 4 nitrogen and oxygen atoms in total. The first-order chi connectivity index (χ1) is 6.24. The number of hydrogen-bond acceptors (Lipinski definition) is 2. The molecule has 2 N–H and O–H groups in total. The highest BCUT2D eigenvalue weighted by Gasteiger charge is 2.01. The maximum atomic E-state index is 10.3. The summed E-state index contributed by atoms with van der Waals surface area (Å²) in [5.41, 5.74) is 0.854. The lowest BCUT2D eigenvalue weighted by molar-refractivity contribution is 0.409. The monoisotopic (exact) mass is 201 g/mol. The van der Waals surface area contributed by atoms with Gasteiger partial charge in [0.15, 0.2) is 0 Å². The molecule has 0 saturated carbocycles. The molecule has 0 spiro atoms. The summed E-state index contributed by atoms with van der Waals surface area (Å²) in [6.07, 6.45) is 0. The van der Waals surface area contributed by atoms with Crippen LogP contribution in [0, 0.1) is 0 Å². The lowest BCUT2D eigenvalue weighted by Crippen LogP contribution is -2.15. The first kappa shape index (κ1) is 10.2. The average Bonchev–Trinajstić information content (AvgIpc) is 2.15. The quantitative estimate of drug-likeness (QED) is 0.712. The number of para-hydroxylation sites is 1. The van der Waals surface area contributed by atoms with E-state index in [1.54, 1.807) is 13.2 Å². The van der Waals surface area contributed by atoms with Gasteiger partial charge in [0.2, 0.25) is 11.3 Å². The molecule has 0 heterocycles. The minimum atomic E-state index is -1.98. The number of ether oxygens (including phenoxy) is 1. The minimum Gasteiger partial charge on any atom is -0.496 e. The molecule has 13 heavy (non-hydrogen) atoms. The zero-order chi connectivity index (χ0) is 9.68. The molecule has 1 unspecified atom stereocenters. The zero-order valence-corrected chi connectivity index (χ0v) is 8.00. The topological polar surface area (TPSA) is 58.6 Å². The van der Waals surface area contributed by atoms with Crippen molar-refractivity contribution in [2.75, 3.05) is 7.11 Å². The van der Waals surface area contributed by atoms with Gasteiger partial charge in [-0.3, -0.25) is 4.55 Å². The van der Waals surface area contributed by atoms with Gasteiger partial charge in [-0.25, -0.2) is 8.93 Å². The number of hydrogen-bond donors (Lipinski definition) is 2. The molecule has 1 aromatic rings. The number of rotatable bonds is 4. The van der Waals surface area contributed by atoms with Gasteiger partial charge >= 0.3 is 0 Å². The van der Waals surface area contributed by atoms with Crippen LogP contribution < -0.4 is 9.46 Å². The van der Waals surface area contributed by atoms with E-state index in [4.69, 9.17) is 9.29 Å². The molecule has 0 bridgehead atoms. The predicted molar refractivity (Wildman–Crippen MR) is 50.6 cm³/mol. The van der Waals surface area contributed by atoms with Gasteiger partial charge in [-0.2, -0.15) is 0 Å². The minimum absolute atomic E-state index is 0.313. The predicted octanol–water partition coefficient (Wildman–Crippen LogP) is 0.921. The number of nitrogens with one attached hydrogen (secondary N) is 1. The fourth-order valence-corrected chi connectivity index (χ4v) is 1.27. The Hall–Kier alpha value is -0.910. The van der Waals surface area contributed by atoms with Crippen LogP contribution in [0.4, 0.5) is 0 Å². The van der Waals surface area contributed by atoms with Gasteiger partial charge in [-0.1, -0.05) is 18.2 Å². The second kappa shape index (κ2) is 4.96. The third-order valence-electron chi connectivity index (χ3n) is 1.58. The molecule has 1 rings (SSSR count). The van der Waals surface area contributed by atoms with Crippen LogP contribution in [0.25, 0.3) is 0 Å². The first-order valence-corrected chi connectivity index (χ1v) is 4.81. The van der Waals surface area contributed by atoms with Crippen molar-refractivity contribution in [2.24, 2.45) is 0 Å². The average molecular weight is 201 g/mol. The maximum Gasteiger partial charge on any atom is 0.232 e. The molecule has 0 aliphatic carbocycles. The second-order valence-corrected chi connectivity index (χ2v) is 3.17. The van der Waals surface area contributed by atoms with Gasteiger partial charge in [0.05, 0.1) is 7.11 Å². The lowest BCUT2D eigenvalue weighted by atomic mass is 10.2. The van der Waals surface area contributed by atoms with E-state index in [9.17, 15) is 4.21 Å². The van der Waals surface area contributed by atoms with Gasteiger partial charge in [0.1, 0.15) is 5.75 Å². The summed E-state index contributed by atoms with van der Waals surface area (Å²) in [4.78, 5) is 0. The molecule has 0 radical (unpaired) electrons. The Morgan fingerprint density at radius 3 is 2.85 bits per heavy atom. The first-order valence-electron chi connectivity index (χ1n) is 3.70. The summed E-state index contributed by atoms with van der Waals surface area (Å²) in [6.45, 7) is 0.313. The van der Waals surface area contributed by atoms with E-state index in [1.807, 2.05) is 18.2 Å². The largest absolute Gasteiger partial charge is 0.496 e. The van der Waals surface area contributed by atoms with E-state index in [0.29, 0.717) is 12.3 Å². The second-order valence-electron chi connectivity index (χ2n) is 2.38. The molecule has 72 valence electrons. The van der Waals surface area contributed by atoms with Crippen molar-refractivity contribution >= 4 is 11.3 Å². The highest BCUT2D eigenvalue weighted by molar-refractivity contribution is 7.77. The molecule has 0 aliphatic heterocycles. The highest BCUT2D eigenvalue weighted by Crippen LogP contribution is 2.16. The molecule has 1 aromatic carbocycles. The molecule has 0 saturated heterocycles. The van der Waals surface area contributed by atoms with Crippen molar-refractivity contribution in [1.29, 1.82) is 0 Å². The Labute approximate surface area is 79.3 Å². The van der Waals surface area contributed by atoms with Crippen molar-refractivity contribution < 1.29 is 13.5 Å². The zero-order valence-electron chi connectivity index (χ0n) is 7.19. The van der Waals surface area contributed by atoms with E-state index in [0.717, 1.165) is 5.56 Å². The SMILES string of the molecule is COc1ccccc1CNS(=O)O. The Morgan fingerprint density at radius 1 is 1.54 bits per heavy atom. The normalized spacial score (nSPS) is 12.5. The van der Waals surface area contributed by atoms with E-state index in [2.05, 4.69) is 4.72 Å². The van der Waals surface area contributed by atoms with E-state index >= 15 is 0 Å². The molecule has 0 aromatic heterocycles. The summed E-state index contributed by atoms with van der Waals surface area (Å²) in [6, 6.07) is 7.33. The van der Waals surface area contributed by atoms with Gasteiger partial charge in [0.25, 0.3) is 0 Å². The molecular formula is C8H11NO3S. The molecule has 0 amide bonds. The molecule has 1 atom stereocenters. The van der Waals surface area contributed by atoms with Crippen molar-refractivity contribution in [3.63, 3.8) is 0 Å². The van der Waals surface area contributed by atoms with Crippen LogP contribution in [0.5, 0.6) is 5.75 Å². The van der Waals surface area contributed by atoms with Crippen LogP contribution in [-0.2, 0) is 17.8 Å². The smallest absolute Gasteiger partial charge is 0.232 e. The van der Waals surface area contributed by atoms with Gasteiger partial charge in [-0.05, 0) is 6.07 Å². The molecular weight excluding hydrogens is 190 g/mol. The lowest BCUT2D eigenvalue weighted by Gasteiger charge is -2.06. The fourth-order valence-electron chi connectivity index (χ4n) is 0.988. The van der Waals surface area contributed by atoms with Crippen LogP contribution >= 0.6 is 0 Å². The van der Waals surface area contributed by atoms with Crippen molar-refractivity contribution in [3.8, 4) is 5.75 Å². The number of methoxy groups -OCH3 is 1. The summed E-state index contributed by atoms with van der Waals surface area (Å²) >= 11 is -1.98. The van der Waals surface area contributed by atoms with Crippen molar-refractivity contribution in [3.05, 3.63) is 29.8 Å². The highest BCUT2D eigenvalue weighted by atomic mass is 32.2. The van der Waals surface area contributed by atoms with Crippen LogP contribution in [0.3, 0.4) is 0 Å². The van der Waals surface area contributed by atoms with Crippen molar-refractivity contribution in [2.45, 2.75) is 6.54 Å². The van der Waals surface area contributed by atoms with Crippen molar-refractivity contribution in [1.82, 2.24) is 4.72 Å². The Balaban J connectivity index is 2.69. The fraction of sp³-hybridized carbons (Fsp3) is 0.250. The van der Waals surface area contributed by atoms with Crippen LogP contribution in [0.2, 0.25) is 0 Å². The van der Waals surface area contributed by atoms with Gasteiger partial charge in [0, 0.05) is 12.1 Å². The summed E-state index contributed by atoms with van der Waals surface area (Å²) in [5.74, 6) is 0.709. The van der Waals surface area contributed by atoms with Crippen LogP contribution in [-0.4, -0.2) is 15.9 Å². The van der Waals surface area contributed by atoms with Crippen LogP contribution in [0.15, 0.2) is 24.3 Å². The van der Waals surface area contributed by atoms with E-state index in [1.165, 1.54) is 0 Å². The molecule has 0 aliphatic rings. The summed E-state index contributed by atoms with van der Waals surface area (Å²) < 4.78 is 26.3. The summed E-state index contributed by atoms with van der Waals surface area (Å²) in [7, 11) is 1.56. The summed E-state index contributed by atoms with van der Waals surface area (Å²) in [5, 5.41) is 0. The van der Waals surface area contributed by atoms with E-state index < -0.39 is 11.3 Å². The Bertz CT molecular complexity index is 303.